The van der Waals surface area contributed by atoms with E-state index < -0.39 is 11.9 Å². The Morgan fingerprint density at radius 3 is 3.00 bits per heavy atom. The minimum Gasteiger partial charge on any atom is -0.481 e. The Kier molecular flexibility index (Phi) is 3.84. The van der Waals surface area contributed by atoms with Crippen molar-refractivity contribution in [2.75, 3.05) is 6.54 Å². The van der Waals surface area contributed by atoms with Crippen molar-refractivity contribution in [1.29, 1.82) is 0 Å². The van der Waals surface area contributed by atoms with Crippen LogP contribution in [0.1, 0.15) is 12.6 Å². The number of carbonyl (C=O) groups is 1. The van der Waals surface area contributed by atoms with E-state index in [4.69, 9.17) is 5.11 Å². The Balaban J connectivity index is 2.28. The van der Waals surface area contributed by atoms with Crippen LogP contribution in [0.4, 0.5) is 0 Å². The molecule has 78 valence electrons. The Morgan fingerprint density at radius 1 is 1.79 bits per heavy atom. The number of rotatable bonds is 5. The van der Waals surface area contributed by atoms with Gasteiger partial charge in [-0.05, 0) is 0 Å². The summed E-state index contributed by atoms with van der Waals surface area (Å²) in [5, 5.41) is 13.3. The van der Waals surface area contributed by atoms with E-state index in [9.17, 15) is 9.59 Å². The van der Waals surface area contributed by atoms with Crippen molar-refractivity contribution < 1.29 is 9.90 Å². The zero-order chi connectivity index (χ0) is 10.6. The van der Waals surface area contributed by atoms with E-state index >= 15 is 0 Å². The summed E-state index contributed by atoms with van der Waals surface area (Å²) >= 11 is 1.10. The summed E-state index contributed by atoms with van der Waals surface area (Å²) in [6, 6.07) is 0. The maximum Gasteiger partial charge on any atom is 0.307 e. The van der Waals surface area contributed by atoms with E-state index in [1.165, 1.54) is 0 Å². The molecule has 0 aliphatic carbocycles. The Hall–Kier alpha value is -1.14. The molecule has 0 spiro atoms. The smallest absolute Gasteiger partial charge is 0.307 e. The van der Waals surface area contributed by atoms with E-state index in [1.54, 1.807) is 12.3 Å². The predicted molar refractivity (Wildman–Crippen MR) is 53.4 cm³/mol. The summed E-state index contributed by atoms with van der Waals surface area (Å²) in [5.74, 6) is -1.24. The number of aromatic amines is 1. The highest BCUT2D eigenvalue weighted by molar-refractivity contribution is 7.07. The molecule has 0 bridgehead atoms. The second kappa shape index (κ2) is 4.92. The molecular weight excluding hydrogens is 204 g/mol. The molecule has 1 rings (SSSR count). The van der Waals surface area contributed by atoms with Crippen LogP contribution in [0.5, 0.6) is 0 Å². The summed E-state index contributed by atoms with van der Waals surface area (Å²) in [6.07, 6.45) is 0. The third-order valence-corrected chi connectivity index (χ3v) is 2.48. The standard InChI is InChI=1S/C8H12N2O3S/c1-5(7(11)12)2-9-3-6-4-14-8(13)10-6/h4-5,9H,2-3H2,1H3,(H,10,13)(H,11,12). The van der Waals surface area contributed by atoms with Gasteiger partial charge in [0, 0.05) is 24.2 Å². The van der Waals surface area contributed by atoms with Crippen molar-refractivity contribution in [1.82, 2.24) is 10.3 Å². The summed E-state index contributed by atoms with van der Waals surface area (Å²) in [5.41, 5.74) is 0.789. The number of carboxylic acids is 1. The molecule has 0 fully saturated rings. The SMILES string of the molecule is CC(CNCc1csc(=O)[nH]1)C(=O)O. The molecule has 0 saturated carbocycles. The molecule has 0 aliphatic heterocycles. The minimum absolute atomic E-state index is 0.0897. The van der Waals surface area contributed by atoms with Gasteiger partial charge in [-0.1, -0.05) is 18.3 Å². The molecule has 1 aromatic rings. The number of aliphatic carboxylic acids is 1. The molecule has 1 heterocycles. The van der Waals surface area contributed by atoms with Crippen molar-refractivity contribution in [2.24, 2.45) is 5.92 Å². The fourth-order valence-electron chi connectivity index (χ4n) is 0.911. The van der Waals surface area contributed by atoms with E-state index in [1.807, 2.05) is 0 Å². The number of nitrogens with one attached hydrogen (secondary N) is 2. The number of aromatic nitrogens is 1. The summed E-state index contributed by atoms with van der Waals surface area (Å²) in [7, 11) is 0. The van der Waals surface area contributed by atoms with E-state index in [-0.39, 0.29) is 4.87 Å². The maximum absolute atomic E-state index is 10.7. The molecule has 0 aliphatic rings. The fourth-order valence-corrected chi connectivity index (χ4v) is 1.49. The van der Waals surface area contributed by atoms with Gasteiger partial charge in [0.2, 0.25) is 0 Å². The van der Waals surface area contributed by atoms with Crippen LogP contribution in [-0.4, -0.2) is 22.6 Å². The van der Waals surface area contributed by atoms with Crippen molar-refractivity contribution in [2.45, 2.75) is 13.5 Å². The van der Waals surface area contributed by atoms with Crippen LogP contribution in [0.25, 0.3) is 0 Å². The van der Waals surface area contributed by atoms with Gasteiger partial charge in [0.05, 0.1) is 5.92 Å². The highest BCUT2D eigenvalue weighted by Gasteiger charge is 2.09. The number of H-pyrrole nitrogens is 1. The highest BCUT2D eigenvalue weighted by Crippen LogP contribution is 1.96. The maximum atomic E-state index is 10.7. The van der Waals surface area contributed by atoms with Crippen LogP contribution in [0.3, 0.4) is 0 Å². The van der Waals surface area contributed by atoms with Crippen molar-refractivity contribution >= 4 is 17.3 Å². The molecule has 3 N–H and O–H groups in total. The van der Waals surface area contributed by atoms with E-state index in [0.29, 0.717) is 13.1 Å². The quantitative estimate of drug-likeness (QED) is 0.658. The molecule has 0 amide bonds. The second-order valence-electron chi connectivity index (χ2n) is 3.04. The fraction of sp³-hybridized carbons (Fsp3) is 0.500. The molecule has 14 heavy (non-hydrogen) atoms. The molecular formula is C8H12N2O3S. The van der Waals surface area contributed by atoms with Crippen LogP contribution in [-0.2, 0) is 11.3 Å². The predicted octanol–water partition coefficient (Wildman–Crippen LogP) is 0.247. The molecule has 1 aromatic heterocycles. The molecule has 1 atom stereocenters. The molecule has 1 unspecified atom stereocenters. The van der Waals surface area contributed by atoms with Gasteiger partial charge < -0.3 is 15.4 Å². The van der Waals surface area contributed by atoms with Gasteiger partial charge in [-0.25, -0.2) is 0 Å². The third kappa shape index (κ3) is 3.31. The first-order valence-corrected chi connectivity index (χ1v) is 5.07. The second-order valence-corrected chi connectivity index (χ2v) is 3.89. The van der Waals surface area contributed by atoms with Gasteiger partial charge in [0.15, 0.2) is 0 Å². The van der Waals surface area contributed by atoms with Crippen molar-refractivity contribution in [3.63, 3.8) is 0 Å². The van der Waals surface area contributed by atoms with Gasteiger partial charge >= 0.3 is 10.8 Å². The van der Waals surface area contributed by atoms with Crippen LogP contribution < -0.4 is 10.2 Å². The molecule has 0 radical (unpaired) electrons. The van der Waals surface area contributed by atoms with Crippen LogP contribution in [0.15, 0.2) is 10.2 Å². The van der Waals surface area contributed by atoms with E-state index in [2.05, 4.69) is 10.3 Å². The lowest BCUT2D eigenvalue weighted by Gasteiger charge is -2.06. The third-order valence-electron chi connectivity index (χ3n) is 1.76. The van der Waals surface area contributed by atoms with Gasteiger partial charge in [-0.2, -0.15) is 0 Å². The first-order chi connectivity index (χ1) is 6.59. The van der Waals surface area contributed by atoms with Gasteiger partial charge in [-0.3, -0.25) is 9.59 Å². The normalized spacial score (nSPS) is 12.6. The molecule has 0 aromatic carbocycles. The van der Waals surface area contributed by atoms with Crippen LogP contribution in [0, 0.1) is 5.92 Å². The number of carboxylic acid groups (broad SMARTS) is 1. The van der Waals surface area contributed by atoms with Gasteiger partial charge in [-0.15, -0.1) is 0 Å². The Labute approximate surface area is 84.8 Å². The Bertz CT molecular complexity index is 357. The largest absolute Gasteiger partial charge is 0.481 e. The minimum atomic E-state index is -0.823. The summed E-state index contributed by atoms with van der Waals surface area (Å²) in [6.45, 7) is 2.52. The Morgan fingerprint density at radius 2 is 2.50 bits per heavy atom. The van der Waals surface area contributed by atoms with Gasteiger partial charge in [0.1, 0.15) is 0 Å². The van der Waals surface area contributed by atoms with Crippen molar-refractivity contribution in [3.8, 4) is 0 Å². The number of thiazole rings is 1. The van der Waals surface area contributed by atoms with Crippen LogP contribution in [0.2, 0.25) is 0 Å². The first kappa shape index (κ1) is 10.9. The molecule has 0 saturated heterocycles. The van der Waals surface area contributed by atoms with E-state index in [0.717, 1.165) is 17.0 Å². The lowest BCUT2D eigenvalue weighted by atomic mass is 10.2. The average molecular weight is 216 g/mol. The molecule has 5 nitrogen and oxygen atoms in total. The number of hydrogen-bond acceptors (Lipinski definition) is 4. The first-order valence-electron chi connectivity index (χ1n) is 4.20. The summed E-state index contributed by atoms with van der Waals surface area (Å²) in [4.78, 5) is 23.7. The highest BCUT2D eigenvalue weighted by atomic mass is 32.1. The summed E-state index contributed by atoms with van der Waals surface area (Å²) < 4.78 is 0. The topological polar surface area (TPSA) is 82.2 Å². The lowest BCUT2D eigenvalue weighted by molar-refractivity contribution is -0.140. The zero-order valence-electron chi connectivity index (χ0n) is 7.74. The molecule has 6 heteroatoms. The lowest BCUT2D eigenvalue weighted by Crippen LogP contribution is -2.26. The number of hydrogen-bond donors (Lipinski definition) is 3. The van der Waals surface area contributed by atoms with Crippen LogP contribution >= 0.6 is 11.3 Å². The zero-order valence-corrected chi connectivity index (χ0v) is 8.56. The average Bonchev–Trinajstić information content (AvgIpc) is 2.51. The van der Waals surface area contributed by atoms with Crippen molar-refractivity contribution in [3.05, 3.63) is 20.7 Å². The van der Waals surface area contributed by atoms with Gasteiger partial charge in [0.25, 0.3) is 0 Å². The monoisotopic (exact) mass is 216 g/mol.